The average molecular weight is 347 g/mol. The van der Waals surface area contributed by atoms with Crippen LogP contribution in [0.3, 0.4) is 0 Å². The molecule has 1 aromatic heterocycles. The average Bonchev–Trinajstić information content (AvgIpc) is 2.86. The maximum atomic E-state index is 12.8. The Morgan fingerprint density at radius 1 is 1.25 bits per heavy atom. The number of aliphatic imine (C=N–C) groups is 1. The lowest BCUT2D eigenvalue weighted by atomic mass is 10.2. The molecule has 2 rings (SSSR count). The molecule has 1 aliphatic rings. The van der Waals surface area contributed by atoms with E-state index >= 15 is 0 Å². The second kappa shape index (κ2) is 7.37. The minimum absolute atomic E-state index is 0.352. The number of nitrogens with zero attached hydrogens (tertiary/aromatic N) is 6. The highest BCUT2D eigenvalue weighted by Crippen LogP contribution is 2.25. The quantitative estimate of drug-likeness (QED) is 0.646. The van der Waals surface area contributed by atoms with Gasteiger partial charge in [-0.1, -0.05) is 0 Å². The molecule has 0 spiro atoms. The van der Waals surface area contributed by atoms with Crippen molar-refractivity contribution in [1.82, 2.24) is 29.9 Å². The first kappa shape index (κ1) is 18.5. The number of halogens is 3. The number of piperazine rings is 1. The summed E-state index contributed by atoms with van der Waals surface area (Å²) in [5.74, 6) is 2.25. The summed E-state index contributed by atoms with van der Waals surface area (Å²) in [5, 5.41) is 11.3. The second-order valence-electron chi connectivity index (χ2n) is 5.86. The lowest BCUT2D eigenvalue weighted by Gasteiger charge is -2.39. The Bertz CT molecular complexity index is 573. The van der Waals surface area contributed by atoms with Crippen molar-refractivity contribution >= 4 is 5.96 Å². The SMILES string of the molecule is CN=C(NCc1nnc(C)n1C)N1CCN(C(C)C(F)(F)F)CC1. The smallest absolute Gasteiger partial charge is 0.349 e. The predicted octanol–water partition coefficient (Wildman–Crippen LogP) is 0.767. The van der Waals surface area contributed by atoms with E-state index in [9.17, 15) is 13.2 Å². The summed E-state index contributed by atoms with van der Waals surface area (Å²) in [7, 11) is 3.54. The van der Waals surface area contributed by atoms with Crippen molar-refractivity contribution in [1.29, 1.82) is 0 Å². The van der Waals surface area contributed by atoms with Crippen molar-refractivity contribution in [2.75, 3.05) is 33.2 Å². The minimum Gasteiger partial charge on any atom is -0.349 e. The summed E-state index contributed by atoms with van der Waals surface area (Å²) in [6, 6.07) is -1.42. The number of guanidine groups is 1. The van der Waals surface area contributed by atoms with Crippen molar-refractivity contribution in [2.45, 2.75) is 32.6 Å². The van der Waals surface area contributed by atoms with Gasteiger partial charge in [0.1, 0.15) is 11.9 Å². The molecule has 0 saturated carbocycles. The van der Waals surface area contributed by atoms with Crippen LogP contribution in [0.4, 0.5) is 13.2 Å². The van der Waals surface area contributed by atoms with Crippen LogP contribution < -0.4 is 5.32 Å². The summed E-state index contributed by atoms with van der Waals surface area (Å²) in [4.78, 5) is 7.63. The molecule has 24 heavy (non-hydrogen) atoms. The molecule has 0 radical (unpaired) electrons. The predicted molar refractivity (Wildman–Crippen MR) is 84.6 cm³/mol. The third-order valence-electron chi connectivity index (χ3n) is 4.43. The highest BCUT2D eigenvalue weighted by molar-refractivity contribution is 5.79. The van der Waals surface area contributed by atoms with Crippen molar-refractivity contribution in [2.24, 2.45) is 12.0 Å². The molecular formula is C14H24F3N7. The second-order valence-corrected chi connectivity index (χ2v) is 5.86. The van der Waals surface area contributed by atoms with Gasteiger partial charge in [-0.25, -0.2) is 0 Å². The van der Waals surface area contributed by atoms with E-state index in [1.165, 1.54) is 11.8 Å². The van der Waals surface area contributed by atoms with E-state index in [0.717, 1.165) is 11.6 Å². The lowest BCUT2D eigenvalue weighted by molar-refractivity contribution is -0.181. The molecule has 1 N–H and O–H groups in total. The fourth-order valence-corrected chi connectivity index (χ4v) is 2.62. The van der Waals surface area contributed by atoms with Gasteiger partial charge in [-0.3, -0.25) is 9.89 Å². The number of aromatic nitrogens is 3. The van der Waals surface area contributed by atoms with Gasteiger partial charge >= 0.3 is 6.18 Å². The van der Waals surface area contributed by atoms with Crippen LogP contribution in [-0.2, 0) is 13.6 Å². The van der Waals surface area contributed by atoms with E-state index in [0.29, 0.717) is 38.7 Å². The Morgan fingerprint density at radius 2 is 1.88 bits per heavy atom. The number of hydrogen-bond donors (Lipinski definition) is 1. The van der Waals surface area contributed by atoms with E-state index in [1.807, 2.05) is 23.4 Å². The molecule has 136 valence electrons. The fourth-order valence-electron chi connectivity index (χ4n) is 2.62. The van der Waals surface area contributed by atoms with Crippen LogP contribution in [0.25, 0.3) is 0 Å². The van der Waals surface area contributed by atoms with Crippen LogP contribution in [0.15, 0.2) is 4.99 Å². The standard InChI is InChI=1S/C14H24F3N7/c1-10(14(15,16)17)23-5-7-24(8-6-23)13(18-3)19-9-12-21-20-11(2)22(12)4/h10H,5-9H2,1-4H3,(H,18,19). The molecule has 0 bridgehead atoms. The van der Waals surface area contributed by atoms with Gasteiger partial charge in [-0.05, 0) is 13.8 Å². The van der Waals surface area contributed by atoms with E-state index in [-0.39, 0.29) is 0 Å². The Kier molecular flexibility index (Phi) is 5.68. The molecule has 1 atom stereocenters. The molecule has 1 aromatic rings. The zero-order chi connectivity index (χ0) is 17.9. The molecule has 1 aliphatic heterocycles. The van der Waals surface area contributed by atoms with Gasteiger partial charge in [0.05, 0.1) is 6.54 Å². The zero-order valence-corrected chi connectivity index (χ0v) is 14.4. The van der Waals surface area contributed by atoms with Crippen LogP contribution in [0.2, 0.25) is 0 Å². The Balaban J connectivity index is 1.88. The zero-order valence-electron chi connectivity index (χ0n) is 14.4. The number of aryl methyl sites for hydroxylation is 1. The molecule has 7 nitrogen and oxygen atoms in total. The summed E-state index contributed by atoms with van der Waals surface area (Å²) < 4.78 is 40.3. The number of alkyl halides is 3. The van der Waals surface area contributed by atoms with Gasteiger partial charge in [0.25, 0.3) is 0 Å². The van der Waals surface area contributed by atoms with Crippen LogP contribution >= 0.6 is 0 Å². The summed E-state index contributed by atoms with van der Waals surface area (Å²) in [5.41, 5.74) is 0. The summed E-state index contributed by atoms with van der Waals surface area (Å²) >= 11 is 0. The summed E-state index contributed by atoms with van der Waals surface area (Å²) in [6.07, 6.45) is -4.19. The monoisotopic (exact) mass is 347 g/mol. The van der Waals surface area contributed by atoms with Crippen molar-refractivity contribution < 1.29 is 13.2 Å². The first-order valence-corrected chi connectivity index (χ1v) is 7.85. The normalized spacial score (nSPS) is 18.8. The number of rotatable bonds is 3. The molecule has 1 fully saturated rings. The van der Waals surface area contributed by atoms with Crippen molar-refractivity contribution in [3.8, 4) is 0 Å². The fraction of sp³-hybridized carbons (Fsp3) is 0.786. The lowest BCUT2D eigenvalue weighted by Crippen LogP contribution is -2.56. The topological polar surface area (TPSA) is 61.6 Å². The van der Waals surface area contributed by atoms with Crippen LogP contribution in [0.5, 0.6) is 0 Å². The van der Waals surface area contributed by atoms with Crippen LogP contribution in [0, 0.1) is 6.92 Å². The van der Waals surface area contributed by atoms with Gasteiger partial charge in [0.2, 0.25) is 0 Å². The Labute approximate surface area is 139 Å². The van der Waals surface area contributed by atoms with Gasteiger partial charge in [0, 0.05) is 40.3 Å². The van der Waals surface area contributed by atoms with Crippen molar-refractivity contribution in [3.63, 3.8) is 0 Å². The van der Waals surface area contributed by atoms with Crippen LogP contribution in [-0.4, -0.2) is 76.0 Å². The molecule has 1 saturated heterocycles. The van der Waals surface area contributed by atoms with Crippen molar-refractivity contribution in [3.05, 3.63) is 11.6 Å². The van der Waals surface area contributed by atoms with Crippen LogP contribution in [0.1, 0.15) is 18.6 Å². The third kappa shape index (κ3) is 4.16. The van der Waals surface area contributed by atoms with Gasteiger partial charge in [-0.2, -0.15) is 13.2 Å². The molecule has 0 aliphatic carbocycles. The van der Waals surface area contributed by atoms with E-state index in [2.05, 4.69) is 20.5 Å². The molecule has 0 amide bonds. The van der Waals surface area contributed by atoms with E-state index < -0.39 is 12.2 Å². The maximum absolute atomic E-state index is 12.8. The molecule has 1 unspecified atom stereocenters. The van der Waals surface area contributed by atoms with Gasteiger partial charge < -0.3 is 14.8 Å². The Hall–Kier alpha value is -1.84. The third-order valence-corrected chi connectivity index (χ3v) is 4.43. The first-order valence-electron chi connectivity index (χ1n) is 7.85. The largest absolute Gasteiger partial charge is 0.403 e. The van der Waals surface area contributed by atoms with E-state index in [4.69, 9.17) is 0 Å². The molecule has 0 aromatic carbocycles. The maximum Gasteiger partial charge on any atom is 0.403 e. The van der Waals surface area contributed by atoms with E-state index in [1.54, 1.807) is 7.05 Å². The number of hydrogen-bond acceptors (Lipinski definition) is 4. The molecule has 2 heterocycles. The first-order chi connectivity index (χ1) is 11.2. The van der Waals surface area contributed by atoms with Gasteiger partial charge in [-0.15, -0.1) is 10.2 Å². The highest BCUT2D eigenvalue weighted by Gasteiger charge is 2.41. The summed E-state index contributed by atoms with van der Waals surface area (Å²) in [6.45, 7) is 5.24. The Morgan fingerprint density at radius 3 is 2.33 bits per heavy atom. The number of nitrogens with one attached hydrogen (secondary N) is 1. The molecular weight excluding hydrogens is 323 g/mol. The molecule has 10 heteroatoms. The van der Waals surface area contributed by atoms with Gasteiger partial charge in [0.15, 0.2) is 11.8 Å². The highest BCUT2D eigenvalue weighted by atomic mass is 19.4. The minimum atomic E-state index is -4.19.